The van der Waals surface area contributed by atoms with E-state index in [0.29, 0.717) is 5.56 Å². The van der Waals surface area contributed by atoms with Crippen molar-refractivity contribution in [1.82, 2.24) is 9.97 Å². The second-order valence-electron chi connectivity index (χ2n) is 5.96. The van der Waals surface area contributed by atoms with Crippen molar-refractivity contribution in [3.8, 4) is 11.4 Å². The summed E-state index contributed by atoms with van der Waals surface area (Å²) in [5, 5.41) is -0.288. The lowest BCUT2D eigenvalue weighted by molar-refractivity contribution is 0.511. The Morgan fingerprint density at radius 1 is 1.18 bits per heavy atom. The summed E-state index contributed by atoms with van der Waals surface area (Å²) >= 11 is 5.53. The van der Waals surface area contributed by atoms with Gasteiger partial charge in [0.25, 0.3) is 0 Å². The van der Waals surface area contributed by atoms with Crippen molar-refractivity contribution in [2.75, 3.05) is 5.73 Å². The van der Waals surface area contributed by atoms with Gasteiger partial charge in [-0.3, -0.25) is 0 Å². The van der Waals surface area contributed by atoms with Crippen LogP contribution < -0.4 is 5.73 Å². The summed E-state index contributed by atoms with van der Waals surface area (Å²) in [6.07, 6.45) is 3.37. The number of nitrogen functional groups attached to an aromatic ring is 1. The molecule has 0 amide bonds. The molecule has 0 aliphatic carbocycles. The van der Waals surface area contributed by atoms with E-state index in [1.54, 1.807) is 0 Å². The minimum absolute atomic E-state index is 0.0238. The second kappa shape index (κ2) is 6.14. The number of rotatable bonds is 3. The fourth-order valence-corrected chi connectivity index (χ4v) is 2.53. The highest BCUT2D eigenvalue weighted by atomic mass is 35.5. The van der Waals surface area contributed by atoms with Crippen LogP contribution in [0.25, 0.3) is 17.5 Å². The molecule has 7 heteroatoms. The van der Waals surface area contributed by atoms with Gasteiger partial charge >= 0.3 is 0 Å². The number of nitrogens with zero attached hydrogens (tertiary/aromatic N) is 2. The van der Waals surface area contributed by atoms with E-state index in [1.165, 1.54) is 18.3 Å². The molecule has 0 bridgehead atoms. The normalized spacial score (nSPS) is 12.1. The van der Waals surface area contributed by atoms with Crippen molar-refractivity contribution in [2.45, 2.75) is 19.6 Å². The van der Waals surface area contributed by atoms with Crippen LogP contribution in [0.3, 0.4) is 0 Å². The van der Waals surface area contributed by atoms with E-state index in [1.807, 2.05) is 6.08 Å². The maximum Gasteiger partial charge on any atom is 0.178 e. The van der Waals surface area contributed by atoms with Gasteiger partial charge < -0.3 is 5.73 Å². The summed E-state index contributed by atoms with van der Waals surface area (Å²) in [4.78, 5) is 8.12. The number of nitrogens with two attached hydrogens (primary N) is 1. The average Bonchev–Trinajstić information content (AvgIpc) is 2.43. The van der Waals surface area contributed by atoms with Gasteiger partial charge in [-0.05, 0) is 12.1 Å². The minimum Gasteiger partial charge on any atom is -0.383 e. The third-order valence-corrected chi connectivity index (χ3v) is 4.35. The van der Waals surface area contributed by atoms with E-state index in [-0.39, 0.29) is 22.2 Å². The molecular weight excluding hydrogens is 324 g/mol. The highest BCUT2D eigenvalue weighted by molar-refractivity contribution is 6.81. The quantitative estimate of drug-likeness (QED) is 0.659. The second-order valence-corrected chi connectivity index (χ2v) is 11.4. The highest BCUT2D eigenvalue weighted by Gasteiger charge is 2.16. The highest BCUT2D eigenvalue weighted by Crippen LogP contribution is 2.27. The molecule has 0 spiro atoms. The smallest absolute Gasteiger partial charge is 0.178 e. The fourth-order valence-electron chi connectivity index (χ4n) is 1.70. The van der Waals surface area contributed by atoms with Crippen LogP contribution in [0.4, 0.5) is 14.6 Å². The lowest BCUT2D eigenvalue weighted by Crippen LogP contribution is -2.15. The number of anilines is 1. The van der Waals surface area contributed by atoms with Crippen molar-refractivity contribution in [3.05, 3.63) is 46.2 Å². The van der Waals surface area contributed by atoms with Gasteiger partial charge in [0.15, 0.2) is 17.5 Å². The molecule has 0 atom stereocenters. The summed E-state index contributed by atoms with van der Waals surface area (Å²) in [5.74, 6) is -1.97. The molecule has 1 aromatic heterocycles. The zero-order valence-corrected chi connectivity index (χ0v) is 14.2. The topological polar surface area (TPSA) is 51.8 Å². The molecule has 0 saturated heterocycles. The lowest BCUT2D eigenvalue weighted by Gasteiger charge is -2.09. The van der Waals surface area contributed by atoms with Gasteiger partial charge in [0, 0.05) is 11.8 Å². The zero-order valence-electron chi connectivity index (χ0n) is 12.5. The van der Waals surface area contributed by atoms with Gasteiger partial charge in [0.05, 0.1) is 18.7 Å². The maximum absolute atomic E-state index is 13.9. The standard InChI is InChI=1S/C15H16ClF2N3Si/c1-22(2,3)7-6-9-8-20-15(21-14(9)19)10-4-5-11(16)13(18)12(10)17/h4-8H,1-3H3,(H2,19,20,21)/b7-6+. The monoisotopic (exact) mass is 339 g/mol. The molecule has 0 aliphatic heterocycles. The minimum atomic E-state index is -1.38. The number of hydrogen-bond acceptors (Lipinski definition) is 3. The van der Waals surface area contributed by atoms with Crippen LogP contribution in [0.15, 0.2) is 24.0 Å². The van der Waals surface area contributed by atoms with Gasteiger partial charge in [-0.1, -0.05) is 43.0 Å². The number of benzene rings is 1. The molecule has 3 nitrogen and oxygen atoms in total. The van der Waals surface area contributed by atoms with Crippen LogP contribution in [0.5, 0.6) is 0 Å². The molecule has 0 aliphatic rings. The van der Waals surface area contributed by atoms with Crippen molar-refractivity contribution in [3.63, 3.8) is 0 Å². The van der Waals surface area contributed by atoms with Crippen molar-refractivity contribution >= 4 is 31.6 Å². The molecule has 22 heavy (non-hydrogen) atoms. The Labute approximate surface area is 133 Å². The summed E-state index contributed by atoms with van der Waals surface area (Å²) in [6.45, 7) is 6.54. The third-order valence-electron chi connectivity index (χ3n) is 2.89. The molecular formula is C15H16ClF2N3Si. The Kier molecular flexibility index (Phi) is 4.62. The molecule has 0 fully saturated rings. The first kappa shape index (κ1) is 16.6. The summed E-state index contributed by atoms with van der Waals surface area (Å²) in [7, 11) is -1.38. The summed E-state index contributed by atoms with van der Waals surface area (Å²) in [5.41, 5.74) is 8.56. The van der Waals surface area contributed by atoms with E-state index in [9.17, 15) is 8.78 Å². The van der Waals surface area contributed by atoms with Crippen LogP contribution in [0, 0.1) is 11.6 Å². The van der Waals surface area contributed by atoms with Gasteiger partial charge in [0.1, 0.15) is 5.82 Å². The van der Waals surface area contributed by atoms with Crippen LogP contribution in [-0.2, 0) is 0 Å². The number of hydrogen-bond donors (Lipinski definition) is 1. The van der Waals surface area contributed by atoms with Crippen molar-refractivity contribution in [2.24, 2.45) is 0 Å². The Hall–Kier alpha value is -1.79. The molecule has 1 aromatic carbocycles. The Morgan fingerprint density at radius 3 is 2.45 bits per heavy atom. The molecule has 1 heterocycles. The van der Waals surface area contributed by atoms with E-state index in [0.717, 1.165) is 0 Å². The average molecular weight is 340 g/mol. The van der Waals surface area contributed by atoms with Crippen LogP contribution >= 0.6 is 11.6 Å². The summed E-state index contributed by atoms with van der Waals surface area (Å²) < 4.78 is 27.4. The fraction of sp³-hybridized carbons (Fsp3) is 0.200. The molecule has 2 rings (SSSR count). The van der Waals surface area contributed by atoms with Crippen LogP contribution in [0.2, 0.25) is 24.7 Å². The van der Waals surface area contributed by atoms with Crippen LogP contribution in [-0.4, -0.2) is 18.0 Å². The molecule has 2 aromatic rings. The van der Waals surface area contributed by atoms with Crippen molar-refractivity contribution < 1.29 is 8.78 Å². The van der Waals surface area contributed by atoms with Gasteiger partial charge in [-0.15, -0.1) is 0 Å². The lowest BCUT2D eigenvalue weighted by atomic mass is 10.2. The predicted molar refractivity (Wildman–Crippen MR) is 89.2 cm³/mol. The van der Waals surface area contributed by atoms with Gasteiger partial charge in [0.2, 0.25) is 0 Å². The first-order valence-corrected chi connectivity index (χ1v) is 10.6. The molecule has 0 radical (unpaired) electrons. The van der Waals surface area contributed by atoms with E-state index in [2.05, 4.69) is 35.3 Å². The maximum atomic E-state index is 13.9. The largest absolute Gasteiger partial charge is 0.383 e. The molecule has 2 N–H and O–H groups in total. The zero-order chi connectivity index (χ0) is 16.5. The predicted octanol–water partition coefficient (Wildman–Crippen LogP) is 4.55. The Balaban J connectivity index is 2.42. The first-order valence-electron chi connectivity index (χ1n) is 6.64. The third kappa shape index (κ3) is 3.69. The molecule has 0 saturated carbocycles. The van der Waals surface area contributed by atoms with E-state index < -0.39 is 19.7 Å². The first-order chi connectivity index (χ1) is 10.2. The van der Waals surface area contributed by atoms with Crippen LogP contribution in [0.1, 0.15) is 5.56 Å². The van der Waals surface area contributed by atoms with E-state index in [4.69, 9.17) is 17.3 Å². The van der Waals surface area contributed by atoms with Gasteiger partial charge in [-0.2, -0.15) is 0 Å². The van der Waals surface area contributed by atoms with E-state index >= 15 is 0 Å². The SMILES string of the molecule is C[Si](C)(C)/C=C/c1cnc(-c2ccc(Cl)c(F)c2F)nc1N. The Morgan fingerprint density at radius 2 is 1.86 bits per heavy atom. The summed E-state index contributed by atoms with van der Waals surface area (Å²) in [6, 6.07) is 2.58. The van der Waals surface area contributed by atoms with Crippen molar-refractivity contribution in [1.29, 1.82) is 0 Å². The molecule has 0 unspecified atom stereocenters. The number of aromatic nitrogens is 2. The number of halogens is 3. The Bertz CT molecular complexity index is 742. The molecule has 116 valence electrons. The van der Waals surface area contributed by atoms with Gasteiger partial charge in [-0.25, -0.2) is 18.7 Å².